The summed E-state index contributed by atoms with van der Waals surface area (Å²) in [6.45, 7) is 3.31. The molecule has 0 N–H and O–H groups in total. The molecule has 0 amide bonds. The molecule has 1 atom stereocenters. The molecule has 0 radical (unpaired) electrons. The van der Waals surface area contributed by atoms with Crippen molar-refractivity contribution in [1.29, 1.82) is 0 Å². The van der Waals surface area contributed by atoms with E-state index in [9.17, 15) is 18.0 Å². The van der Waals surface area contributed by atoms with Crippen molar-refractivity contribution >= 4 is 5.97 Å². The lowest BCUT2D eigenvalue weighted by Crippen LogP contribution is -2.29. The smallest absolute Gasteiger partial charge is 0.419 e. The molecule has 1 unspecified atom stereocenters. The lowest BCUT2D eigenvalue weighted by atomic mass is 10.2. The van der Waals surface area contributed by atoms with E-state index in [4.69, 9.17) is 9.47 Å². The Hall–Kier alpha value is -2.50. The van der Waals surface area contributed by atoms with Crippen molar-refractivity contribution < 1.29 is 27.4 Å². The largest absolute Gasteiger partial charge is 0.479 e. The molecule has 0 bridgehead atoms. The van der Waals surface area contributed by atoms with Gasteiger partial charge in [-0.2, -0.15) is 13.2 Å². The number of halogens is 3. The van der Waals surface area contributed by atoms with Gasteiger partial charge in [0.2, 0.25) is 0 Å². The molecule has 0 fully saturated rings. The molecule has 0 aliphatic heterocycles. The summed E-state index contributed by atoms with van der Waals surface area (Å²) in [6, 6.07) is 11.5. The predicted molar refractivity (Wildman–Crippen MR) is 78.3 cm³/mol. The molecule has 122 valence electrons. The van der Waals surface area contributed by atoms with Gasteiger partial charge in [0.25, 0.3) is 0 Å². The van der Waals surface area contributed by atoms with E-state index in [0.29, 0.717) is 5.75 Å². The average molecular weight is 324 g/mol. The number of carbonyl (C=O) groups excluding carboxylic acids is 1. The molecular weight excluding hydrogens is 309 g/mol. The van der Waals surface area contributed by atoms with E-state index in [0.717, 1.165) is 17.7 Å². The van der Waals surface area contributed by atoms with Crippen molar-refractivity contribution in [3.8, 4) is 11.5 Å². The Morgan fingerprint density at radius 1 is 1.04 bits per heavy atom. The van der Waals surface area contributed by atoms with Crippen LogP contribution in [0.25, 0.3) is 0 Å². The first kappa shape index (κ1) is 16.9. The molecule has 23 heavy (non-hydrogen) atoms. The Bertz CT molecular complexity index is 678. The first-order valence-electron chi connectivity index (χ1n) is 6.88. The van der Waals surface area contributed by atoms with Crippen molar-refractivity contribution in [2.45, 2.75) is 26.1 Å². The van der Waals surface area contributed by atoms with E-state index in [2.05, 4.69) is 0 Å². The van der Waals surface area contributed by atoms with Gasteiger partial charge in [-0.05, 0) is 38.1 Å². The van der Waals surface area contributed by atoms with Crippen molar-refractivity contribution in [3.05, 3.63) is 59.7 Å². The molecule has 0 heterocycles. The molecule has 2 aromatic carbocycles. The fourth-order valence-corrected chi connectivity index (χ4v) is 1.85. The zero-order chi connectivity index (χ0) is 17.0. The van der Waals surface area contributed by atoms with Crippen LogP contribution in [0.3, 0.4) is 0 Å². The van der Waals surface area contributed by atoms with Gasteiger partial charge >= 0.3 is 12.1 Å². The standard InChI is InChI=1S/C17H15F3O3/c1-11-7-9-13(10-8-11)22-12(2)16(21)23-15-6-4-3-5-14(15)17(18,19)20/h3-10,12H,1-2H3. The Kier molecular flexibility index (Phi) is 4.93. The van der Waals surface area contributed by atoms with Crippen LogP contribution in [-0.4, -0.2) is 12.1 Å². The van der Waals surface area contributed by atoms with Gasteiger partial charge in [0, 0.05) is 0 Å². The Morgan fingerprint density at radius 2 is 1.65 bits per heavy atom. The molecule has 3 nitrogen and oxygen atoms in total. The van der Waals surface area contributed by atoms with Gasteiger partial charge in [-0.25, -0.2) is 4.79 Å². The summed E-state index contributed by atoms with van der Waals surface area (Å²) in [5.74, 6) is -1.00. The van der Waals surface area contributed by atoms with E-state index in [1.807, 2.05) is 6.92 Å². The monoisotopic (exact) mass is 324 g/mol. The van der Waals surface area contributed by atoms with E-state index >= 15 is 0 Å². The fraction of sp³-hybridized carbons (Fsp3) is 0.235. The highest BCUT2D eigenvalue weighted by molar-refractivity contribution is 5.77. The number of alkyl halides is 3. The molecule has 6 heteroatoms. The second-order valence-corrected chi connectivity index (χ2v) is 4.99. The Morgan fingerprint density at radius 3 is 2.26 bits per heavy atom. The van der Waals surface area contributed by atoms with Crippen LogP contribution in [0.5, 0.6) is 11.5 Å². The number of esters is 1. The normalized spacial score (nSPS) is 12.6. The SMILES string of the molecule is Cc1ccc(OC(C)C(=O)Oc2ccccc2C(F)(F)F)cc1. The minimum Gasteiger partial charge on any atom is -0.479 e. The molecule has 0 saturated heterocycles. The number of para-hydroxylation sites is 1. The average Bonchev–Trinajstić information content (AvgIpc) is 2.49. The number of ether oxygens (including phenoxy) is 2. The van der Waals surface area contributed by atoms with Crippen LogP contribution >= 0.6 is 0 Å². The van der Waals surface area contributed by atoms with Crippen molar-refractivity contribution in [3.63, 3.8) is 0 Å². The zero-order valence-electron chi connectivity index (χ0n) is 12.6. The summed E-state index contributed by atoms with van der Waals surface area (Å²) in [5.41, 5.74) is 0.0163. The lowest BCUT2D eigenvalue weighted by molar-refractivity contribution is -0.146. The number of aryl methyl sites for hydroxylation is 1. The number of hydrogen-bond donors (Lipinski definition) is 0. The third-order valence-electron chi connectivity index (χ3n) is 3.07. The Balaban J connectivity index is 2.08. The van der Waals surface area contributed by atoms with Gasteiger partial charge in [-0.15, -0.1) is 0 Å². The Labute approximate surface area is 131 Å². The highest BCUT2D eigenvalue weighted by Crippen LogP contribution is 2.36. The van der Waals surface area contributed by atoms with Crippen LogP contribution in [0.15, 0.2) is 48.5 Å². The summed E-state index contributed by atoms with van der Waals surface area (Å²) in [6.07, 6.45) is -5.64. The molecule has 0 aromatic heterocycles. The number of benzene rings is 2. The van der Waals surface area contributed by atoms with Crippen molar-refractivity contribution in [2.24, 2.45) is 0 Å². The van der Waals surface area contributed by atoms with Gasteiger partial charge in [0.15, 0.2) is 6.10 Å². The summed E-state index contributed by atoms with van der Waals surface area (Å²) < 4.78 is 48.8. The topological polar surface area (TPSA) is 35.5 Å². The van der Waals surface area contributed by atoms with E-state index in [1.54, 1.807) is 24.3 Å². The van der Waals surface area contributed by atoms with Crippen LogP contribution < -0.4 is 9.47 Å². The molecular formula is C17H15F3O3. The molecule has 0 aliphatic carbocycles. The zero-order valence-corrected chi connectivity index (χ0v) is 12.6. The summed E-state index contributed by atoms with van der Waals surface area (Å²) in [4.78, 5) is 11.9. The number of hydrogen-bond acceptors (Lipinski definition) is 3. The highest BCUT2D eigenvalue weighted by atomic mass is 19.4. The quantitative estimate of drug-likeness (QED) is 0.618. The summed E-state index contributed by atoms with van der Waals surface area (Å²) in [7, 11) is 0. The van der Waals surface area contributed by atoms with Gasteiger partial charge in [0.05, 0.1) is 5.56 Å². The molecule has 0 aliphatic rings. The van der Waals surface area contributed by atoms with E-state index < -0.39 is 29.6 Å². The fourth-order valence-electron chi connectivity index (χ4n) is 1.85. The van der Waals surface area contributed by atoms with Gasteiger partial charge in [-0.3, -0.25) is 0 Å². The van der Waals surface area contributed by atoms with Crippen LogP contribution in [0.1, 0.15) is 18.1 Å². The molecule has 2 aromatic rings. The summed E-state index contributed by atoms with van der Waals surface area (Å²) >= 11 is 0. The number of carbonyl (C=O) groups is 1. The van der Waals surface area contributed by atoms with E-state index in [1.165, 1.54) is 19.1 Å². The second kappa shape index (κ2) is 6.73. The van der Waals surface area contributed by atoms with Crippen LogP contribution in [-0.2, 0) is 11.0 Å². The van der Waals surface area contributed by atoms with Crippen LogP contribution in [0.2, 0.25) is 0 Å². The molecule has 0 saturated carbocycles. The maximum Gasteiger partial charge on any atom is 0.419 e. The van der Waals surface area contributed by atoms with Gasteiger partial charge in [0.1, 0.15) is 11.5 Å². The number of rotatable bonds is 4. The van der Waals surface area contributed by atoms with Gasteiger partial charge < -0.3 is 9.47 Å². The lowest BCUT2D eigenvalue weighted by Gasteiger charge is -2.16. The first-order chi connectivity index (χ1) is 10.8. The minimum absolute atomic E-state index is 0.434. The van der Waals surface area contributed by atoms with Crippen molar-refractivity contribution in [1.82, 2.24) is 0 Å². The third-order valence-corrected chi connectivity index (χ3v) is 3.07. The highest BCUT2D eigenvalue weighted by Gasteiger charge is 2.35. The first-order valence-corrected chi connectivity index (χ1v) is 6.88. The van der Waals surface area contributed by atoms with E-state index in [-0.39, 0.29) is 0 Å². The second-order valence-electron chi connectivity index (χ2n) is 4.99. The maximum atomic E-state index is 12.9. The molecule has 2 rings (SSSR count). The maximum absolute atomic E-state index is 12.9. The minimum atomic E-state index is -4.60. The van der Waals surface area contributed by atoms with Crippen LogP contribution in [0.4, 0.5) is 13.2 Å². The van der Waals surface area contributed by atoms with Crippen molar-refractivity contribution in [2.75, 3.05) is 0 Å². The summed E-state index contributed by atoms with van der Waals surface area (Å²) in [5, 5.41) is 0. The predicted octanol–water partition coefficient (Wildman–Crippen LogP) is 4.39. The molecule has 0 spiro atoms. The third kappa shape index (κ3) is 4.48. The van der Waals surface area contributed by atoms with Gasteiger partial charge in [-0.1, -0.05) is 29.8 Å². The van der Waals surface area contributed by atoms with Crippen LogP contribution in [0, 0.1) is 6.92 Å².